The van der Waals surface area contributed by atoms with Crippen molar-refractivity contribution in [1.82, 2.24) is 0 Å². The predicted molar refractivity (Wildman–Crippen MR) is 95.2 cm³/mol. The van der Waals surface area contributed by atoms with Crippen LogP contribution in [0.2, 0.25) is 0 Å². The standard InChI is InChI=1S/C20H19NO5/c1-25-18-10-6-5-9-16(18)21-12-15(11-19(21)23)20(24)26-13-17(22)14-7-3-2-4-8-14/h2-10,15H,11-13H2,1H3. The minimum atomic E-state index is -0.601. The van der Waals surface area contributed by atoms with Crippen molar-refractivity contribution in [3.63, 3.8) is 0 Å². The third-order valence-electron chi connectivity index (χ3n) is 4.28. The summed E-state index contributed by atoms with van der Waals surface area (Å²) in [5.41, 5.74) is 1.11. The van der Waals surface area contributed by atoms with Crippen LogP contribution in [0.25, 0.3) is 0 Å². The fourth-order valence-corrected chi connectivity index (χ4v) is 2.91. The van der Waals surface area contributed by atoms with Crippen molar-refractivity contribution in [2.24, 2.45) is 5.92 Å². The maximum absolute atomic E-state index is 12.3. The molecule has 0 spiro atoms. The quantitative estimate of drug-likeness (QED) is 0.589. The lowest BCUT2D eigenvalue weighted by molar-refractivity contribution is -0.147. The highest BCUT2D eigenvalue weighted by Gasteiger charge is 2.37. The molecule has 0 saturated carbocycles. The Balaban J connectivity index is 1.61. The summed E-state index contributed by atoms with van der Waals surface area (Å²) < 4.78 is 10.4. The molecule has 134 valence electrons. The van der Waals surface area contributed by atoms with Crippen LogP contribution in [-0.2, 0) is 14.3 Å². The molecule has 0 aliphatic carbocycles. The van der Waals surface area contributed by atoms with E-state index in [1.165, 1.54) is 12.0 Å². The van der Waals surface area contributed by atoms with E-state index in [4.69, 9.17) is 9.47 Å². The van der Waals surface area contributed by atoms with E-state index in [0.29, 0.717) is 17.0 Å². The number of nitrogens with zero attached hydrogens (tertiary/aromatic N) is 1. The smallest absolute Gasteiger partial charge is 0.311 e. The van der Waals surface area contributed by atoms with Gasteiger partial charge in [-0.15, -0.1) is 0 Å². The highest BCUT2D eigenvalue weighted by molar-refractivity contribution is 6.01. The molecule has 1 unspecified atom stereocenters. The molecule has 0 aromatic heterocycles. The number of benzene rings is 2. The number of carbonyl (C=O) groups excluding carboxylic acids is 3. The van der Waals surface area contributed by atoms with E-state index in [1.807, 2.05) is 6.07 Å². The second-order valence-corrected chi connectivity index (χ2v) is 5.97. The summed E-state index contributed by atoms with van der Waals surface area (Å²) in [4.78, 5) is 38.1. The van der Waals surface area contributed by atoms with Crippen LogP contribution in [0.4, 0.5) is 5.69 Å². The number of rotatable bonds is 6. The van der Waals surface area contributed by atoms with Gasteiger partial charge in [0.15, 0.2) is 12.4 Å². The van der Waals surface area contributed by atoms with Crippen molar-refractivity contribution in [3.05, 3.63) is 60.2 Å². The number of ketones is 1. The van der Waals surface area contributed by atoms with Gasteiger partial charge in [-0.05, 0) is 12.1 Å². The maximum Gasteiger partial charge on any atom is 0.311 e. The van der Waals surface area contributed by atoms with Gasteiger partial charge in [0.1, 0.15) is 5.75 Å². The summed E-state index contributed by atoms with van der Waals surface area (Å²) in [5, 5.41) is 0. The molecule has 1 aliphatic rings. The molecule has 2 aromatic rings. The first-order valence-corrected chi connectivity index (χ1v) is 8.28. The number of Topliss-reactive ketones (excluding diaryl/α,β-unsaturated/α-hetero) is 1. The van der Waals surface area contributed by atoms with Crippen molar-refractivity contribution in [2.75, 3.05) is 25.2 Å². The van der Waals surface area contributed by atoms with E-state index in [-0.39, 0.29) is 31.3 Å². The summed E-state index contributed by atoms with van der Waals surface area (Å²) in [7, 11) is 1.53. The van der Waals surface area contributed by atoms with Gasteiger partial charge in [0.2, 0.25) is 5.91 Å². The molecule has 1 atom stereocenters. The summed E-state index contributed by atoms with van der Waals surface area (Å²) in [5.74, 6) is -1.03. The van der Waals surface area contributed by atoms with Gasteiger partial charge in [-0.25, -0.2) is 0 Å². The van der Waals surface area contributed by atoms with Crippen molar-refractivity contribution in [1.29, 1.82) is 0 Å². The number of anilines is 1. The lowest BCUT2D eigenvalue weighted by Crippen LogP contribution is -2.27. The lowest BCUT2D eigenvalue weighted by Gasteiger charge is -2.19. The fraction of sp³-hybridized carbons (Fsp3) is 0.250. The molecule has 0 bridgehead atoms. The second kappa shape index (κ2) is 7.82. The molecule has 6 nitrogen and oxygen atoms in total. The minimum Gasteiger partial charge on any atom is -0.495 e. The number of ether oxygens (including phenoxy) is 2. The largest absolute Gasteiger partial charge is 0.495 e. The highest BCUT2D eigenvalue weighted by Crippen LogP contribution is 2.33. The molecule has 26 heavy (non-hydrogen) atoms. The lowest BCUT2D eigenvalue weighted by atomic mass is 10.1. The van der Waals surface area contributed by atoms with Crippen LogP contribution < -0.4 is 9.64 Å². The van der Waals surface area contributed by atoms with Crippen LogP contribution in [0, 0.1) is 5.92 Å². The van der Waals surface area contributed by atoms with Gasteiger partial charge in [0.25, 0.3) is 0 Å². The summed E-state index contributed by atoms with van der Waals surface area (Å²) in [6.45, 7) is -0.125. The van der Waals surface area contributed by atoms with E-state index in [9.17, 15) is 14.4 Å². The highest BCUT2D eigenvalue weighted by atomic mass is 16.5. The first-order valence-electron chi connectivity index (χ1n) is 8.28. The van der Waals surface area contributed by atoms with Crippen molar-refractivity contribution >= 4 is 23.3 Å². The second-order valence-electron chi connectivity index (χ2n) is 5.97. The molecule has 1 aliphatic heterocycles. The average molecular weight is 353 g/mol. The van der Waals surface area contributed by atoms with Crippen LogP contribution >= 0.6 is 0 Å². The van der Waals surface area contributed by atoms with Crippen LogP contribution in [0.15, 0.2) is 54.6 Å². The Morgan fingerprint density at radius 3 is 2.50 bits per heavy atom. The number of para-hydroxylation sites is 2. The zero-order valence-corrected chi connectivity index (χ0v) is 14.4. The first kappa shape index (κ1) is 17.7. The van der Waals surface area contributed by atoms with E-state index >= 15 is 0 Å². The van der Waals surface area contributed by atoms with Crippen molar-refractivity contribution in [3.8, 4) is 5.75 Å². The van der Waals surface area contributed by atoms with Crippen LogP contribution in [0.1, 0.15) is 16.8 Å². The number of amides is 1. The number of hydrogen-bond acceptors (Lipinski definition) is 5. The number of hydrogen-bond donors (Lipinski definition) is 0. The molecule has 2 aromatic carbocycles. The van der Waals surface area contributed by atoms with Gasteiger partial charge in [-0.1, -0.05) is 42.5 Å². The van der Waals surface area contributed by atoms with Gasteiger partial charge in [-0.2, -0.15) is 0 Å². The summed E-state index contributed by atoms with van der Waals surface area (Å²) in [6, 6.07) is 15.8. The van der Waals surface area contributed by atoms with Crippen molar-refractivity contribution in [2.45, 2.75) is 6.42 Å². The van der Waals surface area contributed by atoms with E-state index in [1.54, 1.807) is 48.5 Å². The molecule has 1 fully saturated rings. The summed E-state index contributed by atoms with van der Waals surface area (Å²) >= 11 is 0. The van der Waals surface area contributed by atoms with Gasteiger partial charge in [0.05, 0.1) is 18.7 Å². The molecule has 6 heteroatoms. The van der Waals surface area contributed by atoms with Crippen LogP contribution in [-0.4, -0.2) is 37.9 Å². The zero-order chi connectivity index (χ0) is 18.5. The Hall–Kier alpha value is -3.15. The van der Waals surface area contributed by atoms with E-state index < -0.39 is 11.9 Å². The molecule has 1 saturated heterocycles. The molecule has 0 radical (unpaired) electrons. The molecule has 1 amide bonds. The van der Waals surface area contributed by atoms with Gasteiger partial charge in [-0.3, -0.25) is 14.4 Å². The minimum absolute atomic E-state index is 0.0520. The molecular weight excluding hydrogens is 334 g/mol. The molecule has 0 N–H and O–H groups in total. The average Bonchev–Trinajstić information content (AvgIpc) is 3.08. The maximum atomic E-state index is 12.3. The topological polar surface area (TPSA) is 72.9 Å². The van der Waals surface area contributed by atoms with Gasteiger partial charge >= 0.3 is 5.97 Å². The SMILES string of the molecule is COc1ccccc1N1CC(C(=O)OCC(=O)c2ccccc2)CC1=O. The third-order valence-corrected chi connectivity index (χ3v) is 4.28. The molecular formula is C20H19NO5. The van der Waals surface area contributed by atoms with Crippen LogP contribution in [0.3, 0.4) is 0 Å². The Bertz CT molecular complexity index is 818. The van der Waals surface area contributed by atoms with Gasteiger partial charge < -0.3 is 14.4 Å². The van der Waals surface area contributed by atoms with E-state index in [0.717, 1.165) is 0 Å². The Morgan fingerprint density at radius 2 is 1.77 bits per heavy atom. The van der Waals surface area contributed by atoms with Crippen molar-refractivity contribution < 1.29 is 23.9 Å². The Labute approximate surface area is 151 Å². The molecule has 3 rings (SSSR count). The Kier molecular flexibility index (Phi) is 5.31. The third kappa shape index (κ3) is 3.74. The predicted octanol–water partition coefficient (Wildman–Crippen LogP) is 2.47. The number of carbonyl (C=O) groups is 3. The molecule has 1 heterocycles. The number of methoxy groups -OCH3 is 1. The fourth-order valence-electron chi connectivity index (χ4n) is 2.91. The number of esters is 1. The van der Waals surface area contributed by atoms with E-state index in [2.05, 4.69) is 0 Å². The normalized spacial score (nSPS) is 16.4. The first-order chi connectivity index (χ1) is 12.6. The summed E-state index contributed by atoms with van der Waals surface area (Å²) in [6.07, 6.45) is 0.0520. The monoisotopic (exact) mass is 353 g/mol. The van der Waals surface area contributed by atoms with Crippen LogP contribution in [0.5, 0.6) is 5.75 Å². The Morgan fingerprint density at radius 1 is 1.08 bits per heavy atom. The van der Waals surface area contributed by atoms with Gasteiger partial charge in [0, 0.05) is 18.5 Å². The zero-order valence-electron chi connectivity index (χ0n) is 14.4.